The lowest BCUT2D eigenvalue weighted by atomic mass is 9.97. The lowest BCUT2D eigenvalue weighted by molar-refractivity contribution is -0.132. The van der Waals surface area contributed by atoms with Gasteiger partial charge in [0.1, 0.15) is 11.3 Å². The molecule has 3 aromatic rings. The number of carbonyl (C=O) groups is 2. The number of aromatic nitrogens is 2. The average Bonchev–Trinajstić information content (AvgIpc) is 3.29. The number of benzene rings is 1. The van der Waals surface area contributed by atoms with Crippen molar-refractivity contribution in [2.24, 2.45) is 0 Å². The largest absolute Gasteiger partial charge is 0.458 e. The molecular formula is C19H20N4O4. The van der Waals surface area contributed by atoms with Crippen LogP contribution < -0.4 is 5.32 Å². The predicted octanol–water partition coefficient (Wildman–Crippen LogP) is 3.08. The number of hydrogen-bond donors (Lipinski definition) is 1. The molecular weight excluding hydrogens is 348 g/mol. The minimum atomic E-state index is -1.29. The molecule has 1 aromatic carbocycles. The molecule has 1 N–H and O–H groups in total. The molecule has 1 atom stereocenters. The van der Waals surface area contributed by atoms with Crippen LogP contribution in [0.1, 0.15) is 45.2 Å². The molecule has 1 aliphatic rings. The number of hydrogen-bond acceptors (Lipinski definition) is 6. The molecule has 8 nitrogen and oxygen atoms in total. The van der Waals surface area contributed by atoms with Crippen molar-refractivity contribution in [3.63, 3.8) is 0 Å². The highest BCUT2D eigenvalue weighted by Crippen LogP contribution is 2.33. The van der Waals surface area contributed by atoms with Gasteiger partial charge in [-0.2, -0.15) is 4.98 Å². The number of urea groups is 1. The van der Waals surface area contributed by atoms with E-state index in [4.69, 9.17) is 8.94 Å². The Bertz CT molecular complexity index is 1010. The Morgan fingerprint density at radius 2 is 1.96 bits per heavy atom. The summed E-state index contributed by atoms with van der Waals surface area (Å²) in [5.74, 6) is 0.684. The molecule has 1 fully saturated rings. The van der Waals surface area contributed by atoms with E-state index in [1.165, 1.54) is 0 Å². The Morgan fingerprint density at radius 1 is 1.22 bits per heavy atom. The van der Waals surface area contributed by atoms with Crippen molar-refractivity contribution in [1.82, 2.24) is 20.4 Å². The van der Waals surface area contributed by atoms with Gasteiger partial charge in [0.2, 0.25) is 5.89 Å². The van der Waals surface area contributed by atoms with Crippen LogP contribution in [-0.2, 0) is 22.3 Å². The third-order valence-electron chi connectivity index (χ3n) is 4.60. The second-order valence-corrected chi connectivity index (χ2v) is 7.86. The first-order chi connectivity index (χ1) is 12.7. The Hall–Kier alpha value is -3.16. The van der Waals surface area contributed by atoms with Gasteiger partial charge < -0.3 is 14.3 Å². The SMILES string of the molecule is CC(C)(C)c1nc(CN2C(=O)N[C@](C)(c3cc4ccccc4o3)C2=O)no1. The van der Waals surface area contributed by atoms with E-state index in [0.29, 0.717) is 17.2 Å². The van der Waals surface area contributed by atoms with E-state index in [1.807, 2.05) is 45.0 Å². The third kappa shape index (κ3) is 2.77. The van der Waals surface area contributed by atoms with Gasteiger partial charge in [-0.05, 0) is 19.1 Å². The molecule has 0 aliphatic carbocycles. The summed E-state index contributed by atoms with van der Waals surface area (Å²) in [6.45, 7) is 7.38. The quantitative estimate of drug-likeness (QED) is 0.713. The third-order valence-corrected chi connectivity index (χ3v) is 4.60. The molecule has 8 heteroatoms. The Kier molecular flexibility index (Phi) is 3.62. The van der Waals surface area contributed by atoms with Crippen molar-refractivity contribution >= 4 is 22.9 Å². The van der Waals surface area contributed by atoms with Crippen molar-refractivity contribution < 1.29 is 18.5 Å². The van der Waals surface area contributed by atoms with Gasteiger partial charge in [-0.1, -0.05) is 44.1 Å². The molecule has 4 rings (SSSR count). The molecule has 1 aliphatic heterocycles. The highest BCUT2D eigenvalue weighted by molar-refractivity contribution is 6.07. The standard InChI is InChI=1S/C19H20N4O4/c1-18(2,3)15-20-14(22-27-15)10-23-16(24)19(4,21-17(23)25)13-9-11-7-5-6-8-12(11)26-13/h5-9H,10H2,1-4H3,(H,21,25)/t19-/m1/s1. The van der Waals surface area contributed by atoms with Crippen molar-refractivity contribution in [2.45, 2.75) is 45.2 Å². The first kappa shape index (κ1) is 17.3. The minimum absolute atomic E-state index is 0.0694. The van der Waals surface area contributed by atoms with Crippen LogP contribution in [0.4, 0.5) is 4.79 Å². The van der Waals surface area contributed by atoms with Crippen LogP contribution in [0.15, 0.2) is 39.3 Å². The molecule has 3 heterocycles. The lowest BCUT2D eigenvalue weighted by Gasteiger charge is -2.18. The molecule has 0 unspecified atom stereocenters. The number of imide groups is 1. The molecule has 1 saturated heterocycles. The van der Waals surface area contributed by atoms with E-state index in [1.54, 1.807) is 13.0 Å². The van der Waals surface area contributed by atoms with Crippen LogP contribution in [0.25, 0.3) is 11.0 Å². The highest BCUT2D eigenvalue weighted by Gasteiger charge is 2.51. The van der Waals surface area contributed by atoms with Crippen molar-refractivity contribution in [3.8, 4) is 0 Å². The molecule has 27 heavy (non-hydrogen) atoms. The fourth-order valence-corrected chi connectivity index (χ4v) is 3.00. The molecule has 0 saturated carbocycles. The van der Waals surface area contributed by atoms with Crippen LogP contribution in [0.5, 0.6) is 0 Å². The predicted molar refractivity (Wildman–Crippen MR) is 95.6 cm³/mol. The van der Waals surface area contributed by atoms with Crippen molar-refractivity contribution in [1.29, 1.82) is 0 Å². The molecule has 140 valence electrons. The van der Waals surface area contributed by atoms with Crippen molar-refractivity contribution in [3.05, 3.63) is 47.8 Å². The van der Waals surface area contributed by atoms with E-state index >= 15 is 0 Å². The fourth-order valence-electron chi connectivity index (χ4n) is 3.00. The van der Waals surface area contributed by atoms with E-state index < -0.39 is 17.5 Å². The maximum Gasteiger partial charge on any atom is 0.325 e. The monoisotopic (exact) mass is 368 g/mol. The Labute approximate surface area is 155 Å². The minimum Gasteiger partial charge on any atom is -0.458 e. The maximum atomic E-state index is 13.0. The molecule has 0 spiro atoms. The van der Waals surface area contributed by atoms with Gasteiger partial charge in [0.15, 0.2) is 11.4 Å². The summed E-state index contributed by atoms with van der Waals surface area (Å²) >= 11 is 0. The summed E-state index contributed by atoms with van der Waals surface area (Å²) in [6.07, 6.45) is 0. The summed E-state index contributed by atoms with van der Waals surface area (Å²) in [6, 6.07) is 8.68. The number of furan rings is 1. The summed E-state index contributed by atoms with van der Waals surface area (Å²) in [5, 5.41) is 7.47. The first-order valence-corrected chi connectivity index (χ1v) is 8.65. The Morgan fingerprint density at radius 3 is 2.63 bits per heavy atom. The zero-order chi connectivity index (χ0) is 19.4. The van der Waals surface area contributed by atoms with Gasteiger partial charge >= 0.3 is 6.03 Å². The number of nitrogens with zero attached hydrogens (tertiary/aromatic N) is 3. The van der Waals surface area contributed by atoms with Crippen LogP contribution in [0.2, 0.25) is 0 Å². The number of amides is 3. The van der Waals surface area contributed by atoms with Crippen molar-refractivity contribution in [2.75, 3.05) is 0 Å². The summed E-state index contributed by atoms with van der Waals surface area (Å²) in [7, 11) is 0. The normalized spacial score (nSPS) is 20.5. The first-order valence-electron chi connectivity index (χ1n) is 8.65. The van der Waals surface area contributed by atoms with Crippen LogP contribution in [-0.4, -0.2) is 27.0 Å². The molecule has 0 radical (unpaired) electrons. The number of fused-ring (bicyclic) bond motifs is 1. The molecule has 0 bridgehead atoms. The second kappa shape index (κ2) is 5.67. The number of carbonyl (C=O) groups excluding carboxylic acids is 2. The van der Waals surface area contributed by atoms with Gasteiger partial charge in [0, 0.05) is 10.8 Å². The second-order valence-electron chi connectivity index (χ2n) is 7.86. The number of para-hydroxylation sites is 1. The lowest BCUT2D eigenvalue weighted by Crippen LogP contribution is -2.40. The highest BCUT2D eigenvalue weighted by atomic mass is 16.5. The van der Waals surface area contributed by atoms with Gasteiger partial charge in [-0.3, -0.25) is 9.69 Å². The zero-order valence-corrected chi connectivity index (χ0v) is 15.6. The maximum absolute atomic E-state index is 13.0. The van der Waals surface area contributed by atoms with E-state index in [0.717, 1.165) is 10.3 Å². The van der Waals surface area contributed by atoms with E-state index in [2.05, 4.69) is 15.5 Å². The average molecular weight is 368 g/mol. The van der Waals surface area contributed by atoms with Gasteiger partial charge in [-0.15, -0.1) is 0 Å². The van der Waals surface area contributed by atoms with Gasteiger partial charge in [0.05, 0.1) is 6.54 Å². The number of rotatable bonds is 3. The van der Waals surface area contributed by atoms with E-state index in [9.17, 15) is 9.59 Å². The summed E-state index contributed by atoms with van der Waals surface area (Å²) in [5.41, 5.74) is -0.944. The smallest absolute Gasteiger partial charge is 0.325 e. The molecule has 2 aromatic heterocycles. The van der Waals surface area contributed by atoms with Gasteiger partial charge in [-0.25, -0.2) is 4.79 Å². The Balaban J connectivity index is 1.62. The zero-order valence-electron chi connectivity index (χ0n) is 15.6. The fraction of sp³-hybridized carbons (Fsp3) is 0.368. The van der Waals surface area contributed by atoms with Gasteiger partial charge in [0.25, 0.3) is 5.91 Å². The molecule has 3 amide bonds. The topological polar surface area (TPSA) is 101 Å². The van der Waals surface area contributed by atoms with Crippen LogP contribution in [0.3, 0.4) is 0 Å². The number of nitrogens with one attached hydrogen (secondary N) is 1. The summed E-state index contributed by atoms with van der Waals surface area (Å²) < 4.78 is 11.0. The summed E-state index contributed by atoms with van der Waals surface area (Å²) in [4.78, 5) is 30.9. The van der Waals surface area contributed by atoms with E-state index in [-0.39, 0.29) is 17.8 Å². The van der Waals surface area contributed by atoms with Crippen LogP contribution >= 0.6 is 0 Å². The van der Waals surface area contributed by atoms with Crippen LogP contribution in [0, 0.1) is 0 Å².